The van der Waals surface area contributed by atoms with Crippen LogP contribution >= 0.6 is 11.3 Å². The minimum absolute atomic E-state index is 0.247. The summed E-state index contributed by atoms with van der Waals surface area (Å²) in [4.78, 5) is 20.1. The Hall–Kier alpha value is -1.95. The van der Waals surface area contributed by atoms with Crippen molar-refractivity contribution in [1.82, 2.24) is 9.97 Å². The molecule has 2 aromatic rings. The number of carboxylic acid groups (broad SMARTS) is 1. The molecule has 2 heterocycles. The molecule has 0 saturated heterocycles. The molecule has 5 nitrogen and oxygen atoms in total. The van der Waals surface area contributed by atoms with Gasteiger partial charge in [0.15, 0.2) is 5.13 Å². The first-order valence-corrected chi connectivity index (χ1v) is 7.84. The molecule has 0 saturated carbocycles. The Bertz CT molecular complexity index is 638. The fraction of sp³-hybridized carbons (Fsp3) is 0.400. The maximum atomic E-state index is 11.2. The highest BCUT2D eigenvalue weighted by Crippen LogP contribution is 2.24. The molecule has 0 aliphatic carbocycles. The highest BCUT2D eigenvalue weighted by molar-refractivity contribution is 7.13. The summed E-state index contributed by atoms with van der Waals surface area (Å²) in [6.07, 6.45) is 1.68. The maximum Gasteiger partial charge on any atom is 0.335 e. The number of nitrogens with one attached hydrogen (secondary N) is 1. The van der Waals surface area contributed by atoms with E-state index in [1.54, 1.807) is 6.07 Å². The van der Waals surface area contributed by atoms with Crippen LogP contribution in [0, 0.1) is 0 Å². The zero-order valence-corrected chi connectivity index (χ0v) is 13.2. The first-order valence-electron chi connectivity index (χ1n) is 6.96. The van der Waals surface area contributed by atoms with Crippen LogP contribution in [0.4, 0.5) is 10.9 Å². The third-order valence-electron chi connectivity index (χ3n) is 2.98. The van der Waals surface area contributed by atoms with E-state index in [9.17, 15) is 9.90 Å². The van der Waals surface area contributed by atoms with E-state index in [1.165, 1.54) is 17.4 Å². The number of hydrogen-bond donors (Lipinski definition) is 2. The Morgan fingerprint density at radius 1 is 1.38 bits per heavy atom. The molecule has 112 valence electrons. The smallest absolute Gasteiger partial charge is 0.335 e. The van der Waals surface area contributed by atoms with Crippen LogP contribution in [0.1, 0.15) is 54.9 Å². The first kappa shape index (κ1) is 15.4. The monoisotopic (exact) mass is 305 g/mol. The van der Waals surface area contributed by atoms with Gasteiger partial charge in [0, 0.05) is 11.1 Å². The van der Waals surface area contributed by atoms with Gasteiger partial charge in [0.2, 0.25) is 0 Å². The predicted octanol–water partition coefficient (Wildman–Crippen LogP) is 4.06. The van der Waals surface area contributed by atoms with Gasteiger partial charge >= 0.3 is 5.97 Å². The van der Waals surface area contributed by atoms with Gasteiger partial charge in [-0.1, -0.05) is 27.2 Å². The fourth-order valence-electron chi connectivity index (χ4n) is 1.88. The summed E-state index contributed by atoms with van der Waals surface area (Å²) in [6, 6.07) is 3.16. The standard InChI is InChI=1S/C15H19N3O2S/c1-4-5-11-6-10(14(19)20)7-13(16-11)18-15-17-12(8-21-15)9(2)3/h6-9H,4-5H2,1-3H3,(H,19,20)(H,16,17,18). The third-order valence-corrected chi connectivity index (χ3v) is 3.76. The number of pyridine rings is 1. The number of aromatic nitrogens is 2. The van der Waals surface area contributed by atoms with E-state index in [0.717, 1.165) is 29.4 Å². The van der Waals surface area contributed by atoms with Crippen molar-refractivity contribution < 1.29 is 9.90 Å². The highest BCUT2D eigenvalue weighted by Gasteiger charge is 2.10. The normalized spacial score (nSPS) is 10.9. The van der Waals surface area contributed by atoms with Gasteiger partial charge in [0.25, 0.3) is 0 Å². The van der Waals surface area contributed by atoms with Crippen LogP contribution in [0.15, 0.2) is 17.5 Å². The largest absolute Gasteiger partial charge is 0.478 e. The second kappa shape index (κ2) is 6.67. The minimum Gasteiger partial charge on any atom is -0.478 e. The lowest BCUT2D eigenvalue weighted by Crippen LogP contribution is -2.04. The van der Waals surface area contributed by atoms with E-state index in [-0.39, 0.29) is 5.56 Å². The van der Waals surface area contributed by atoms with Gasteiger partial charge in [0.05, 0.1) is 11.3 Å². The lowest BCUT2D eigenvalue weighted by atomic mass is 10.1. The van der Waals surface area contributed by atoms with Gasteiger partial charge in [-0.15, -0.1) is 11.3 Å². The Morgan fingerprint density at radius 2 is 2.14 bits per heavy atom. The van der Waals surface area contributed by atoms with Crippen molar-refractivity contribution in [3.8, 4) is 0 Å². The quantitative estimate of drug-likeness (QED) is 0.842. The average molecular weight is 305 g/mol. The van der Waals surface area contributed by atoms with Gasteiger partial charge < -0.3 is 10.4 Å². The summed E-state index contributed by atoms with van der Waals surface area (Å²) in [7, 11) is 0. The van der Waals surface area contributed by atoms with E-state index in [0.29, 0.717) is 11.7 Å². The molecule has 0 aromatic carbocycles. The van der Waals surface area contributed by atoms with Crippen LogP contribution in [0.5, 0.6) is 0 Å². The Kier molecular flexibility index (Phi) is 4.90. The van der Waals surface area contributed by atoms with Crippen LogP contribution in [-0.2, 0) is 6.42 Å². The number of aromatic carboxylic acids is 1. The van der Waals surface area contributed by atoms with Gasteiger partial charge in [-0.3, -0.25) is 0 Å². The lowest BCUT2D eigenvalue weighted by Gasteiger charge is -2.07. The Morgan fingerprint density at radius 3 is 2.71 bits per heavy atom. The number of aryl methyl sites for hydroxylation is 1. The summed E-state index contributed by atoms with van der Waals surface area (Å²) >= 11 is 1.50. The van der Waals surface area contributed by atoms with Gasteiger partial charge in [-0.05, 0) is 24.5 Å². The van der Waals surface area contributed by atoms with Crippen LogP contribution < -0.4 is 5.32 Å². The van der Waals surface area contributed by atoms with Crippen molar-refractivity contribution in [2.75, 3.05) is 5.32 Å². The molecule has 0 radical (unpaired) electrons. The molecule has 2 aromatic heterocycles. The fourth-order valence-corrected chi connectivity index (χ4v) is 2.76. The second-order valence-corrected chi connectivity index (χ2v) is 6.00. The first-order chi connectivity index (χ1) is 9.99. The summed E-state index contributed by atoms with van der Waals surface area (Å²) < 4.78 is 0. The Balaban J connectivity index is 2.26. The van der Waals surface area contributed by atoms with Crippen molar-refractivity contribution in [3.05, 3.63) is 34.5 Å². The molecular formula is C15H19N3O2S. The SMILES string of the molecule is CCCc1cc(C(=O)O)cc(Nc2nc(C(C)C)cs2)n1. The molecule has 0 spiro atoms. The molecule has 0 fully saturated rings. The van der Waals surface area contributed by atoms with Gasteiger partial charge in [-0.25, -0.2) is 14.8 Å². The summed E-state index contributed by atoms with van der Waals surface area (Å²) in [6.45, 7) is 6.21. The number of carboxylic acids is 1. The highest BCUT2D eigenvalue weighted by atomic mass is 32.1. The van der Waals surface area contributed by atoms with E-state index in [4.69, 9.17) is 0 Å². The lowest BCUT2D eigenvalue weighted by molar-refractivity contribution is 0.0696. The summed E-state index contributed by atoms with van der Waals surface area (Å²) in [5, 5.41) is 15.0. The van der Waals surface area contributed by atoms with E-state index >= 15 is 0 Å². The van der Waals surface area contributed by atoms with Crippen molar-refractivity contribution in [2.45, 2.75) is 39.5 Å². The van der Waals surface area contributed by atoms with Gasteiger partial charge in [0.1, 0.15) is 5.82 Å². The molecule has 21 heavy (non-hydrogen) atoms. The third kappa shape index (κ3) is 4.01. The van der Waals surface area contributed by atoms with Crippen LogP contribution in [0.2, 0.25) is 0 Å². The average Bonchev–Trinajstić information content (AvgIpc) is 2.87. The molecule has 2 N–H and O–H groups in total. The van der Waals surface area contributed by atoms with Crippen LogP contribution in [-0.4, -0.2) is 21.0 Å². The minimum atomic E-state index is -0.945. The zero-order valence-electron chi connectivity index (χ0n) is 12.4. The zero-order chi connectivity index (χ0) is 15.4. The number of rotatable bonds is 6. The van der Waals surface area contributed by atoms with Crippen LogP contribution in [0.3, 0.4) is 0 Å². The molecule has 2 rings (SSSR count). The summed E-state index contributed by atoms with van der Waals surface area (Å²) in [5.74, 6) is -0.0476. The van der Waals surface area contributed by atoms with Crippen LogP contribution in [0.25, 0.3) is 0 Å². The molecule has 0 amide bonds. The predicted molar refractivity (Wildman–Crippen MR) is 84.7 cm³/mol. The molecule has 6 heteroatoms. The number of nitrogens with zero attached hydrogens (tertiary/aromatic N) is 2. The molecular weight excluding hydrogens is 286 g/mol. The second-order valence-electron chi connectivity index (χ2n) is 5.14. The summed E-state index contributed by atoms with van der Waals surface area (Å²) in [5.41, 5.74) is 2.04. The van der Waals surface area contributed by atoms with Crippen molar-refractivity contribution in [2.24, 2.45) is 0 Å². The molecule has 0 bridgehead atoms. The van der Waals surface area contributed by atoms with Crippen molar-refractivity contribution in [3.63, 3.8) is 0 Å². The van der Waals surface area contributed by atoms with E-state index in [2.05, 4.69) is 29.1 Å². The topological polar surface area (TPSA) is 75.1 Å². The molecule has 0 aliphatic heterocycles. The Labute approximate surface area is 128 Å². The number of anilines is 2. The maximum absolute atomic E-state index is 11.2. The van der Waals surface area contributed by atoms with E-state index in [1.807, 2.05) is 12.3 Å². The number of carbonyl (C=O) groups is 1. The molecule has 0 aliphatic rings. The van der Waals surface area contributed by atoms with E-state index < -0.39 is 5.97 Å². The van der Waals surface area contributed by atoms with Crippen molar-refractivity contribution >= 4 is 28.3 Å². The van der Waals surface area contributed by atoms with Crippen molar-refractivity contribution in [1.29, 1.82) is 0 Å². The molecule has 0 atom stereocenters. The molecule has 0 unspecified atom stereocenters. The number of hydrogen-bond acceptors (Lipinski definition) is 5. The van der Waals surface area contributed by atoms with Gasteiger partial charge in [-0.2, -0.15) is 0 Å². The number of thiazole rings is 1.